The van der Waals surface area contributed by atoms with E-state index in [1.165, 1.54) is 5.69 Å². The zero-order valence-corrected chi connectivity index (χ0v) is 7.99. The molecule has 0 amide bonds. The molecule has 2 rings (SSSR count). The summed E-state index contributed by atoms with van der Waals surface area (Å²) in [5.74, 6) is 0. The fourth-order valence-electron chi connectivity index (χ4n) is 1.84. The molecule has 1 saturated heterocycles. The van der Waals surface area contributed by atoms with Crippen LogP contribution in [0.25, 0.3) is 0 Å². The Morgan fingerprint density at radius 3 is 3.23 bits per heavy atom. The molecule has 3 nitrogen and oxygen atoms in total. The van der Waals surface area contributed by atoms with Gasteiger partial charge in [0.05, 0.1) is 6.10 Å². The molecule has 1 aliphatic heterocycles. The molecule has 0 spiro atoms. The summed E-state index contributed by atoms with van der Waals surface area (Å²) < 4.78 is 5.31. The lowest BCUT2D eigenvalue weighted by Crippen LogP contribution is -2.22. The molecule has 1 fully saturated rings. The summed E-state index contributed by atoms with van der Waals surface area (Å²) in [6.45, 7) is 3.24. The minimum Gasteiger partial charge on any atom is -0.380 e. The average molecular weight is 180 g/mol. The maximum atomic E-state index is 5.31. The van der Waals surface area contributed by atoms with Crippen LogP contribution in [0.15, 0.2) is 18.3 Å². The van der Waals surface area contributed by atoms with Crippen LogP contribution in [-0.2, 0) is 11.3 Å². The van der Waals surface area contributed by atoms with Crippen molar-refractivity contribution < 1.29 is 4.74 Å². The summed E-state index contributed by atoms with van der Waals surface area (Å²) in [6, 6.07) is 4.17. The first-order chi connectivity index (χ1) is 6.38. The largest absolute Gasteiger partial charge is 0.380 e. The molecule has 0 aliphatic carbocycles. The molecule has 1 aliphatic rings. The van der Waals surface area contributed by atoms with E-state index in [1.54, 1.807) is 7.11 Å². The van der Waals surface area contributed by atoms with Gasteiger partial charge in [-0.15, -0.1) is 0 Å². The van der Waals surface area contributed by atoms with Crippen molar-refractivity contribution in [2.75, 3.05) is 20.2 Å². The average Bonchev–Trinajstić information content (AvgIpc) is 2.76. The number of hydrogen-bond donors (Lipinski definition) is 1. The molecule has 1 N–H and O–H groups in total. The van der Waals surface area contributed by atoms with Crippen LogP contribution in [0.4, 0.5) is 0 Å². The normalized spacial score (nSPS) is 23.9. The highest BCUT2D eigenvalue weighted by Crippen LogP contribution is 2.14. The highest BCUT2D eigenvalue weighted by Gasteiger charge is 2.21. The van der Waals surface area contributed by atoms with Crippen LogP contribution in [-0.4, -0.2) is 36.2 Å². The number of aromatic amines is 1. The number of methoxy groups -OCH3 is 1. The quantitative estimate of drug-likeness (QED) is 0.758. The van der Waals surface area contributed by atoms with Crippen LogP contribution in [0.1, 0.15) is 12.1 Å². The van der Waals surface area contributed by atoms with Crippen LogP contribution in [0, 0.1) is 0 Å². The SMILES string of the molecule is CO[C@@H]1CCN(Cc2ccc[nH]2)C1. The van der Waals surface area contributed by atoms with Crippen molar-refractivity contribution in [3.8, 4) is 0 Å². The lowest BCUT2D eigenvalue weighted by atomic mass is 10.3. The predicted octanol–water partition coefficient (Wildman–Crippen LogP) is 1.24. The number of aromatic nitrogens is 1. The van der Waals surface area contributed by atoms with E-state index in [4.69, 9.17) is 4.74 Å². The standard InChI is InChI=1S/C10H16N2O/c1-13-10-4-6-12(8-10)7-9-3-2-5-11-9/h2-3,5,10-11H,4,6-8H2,1H3/t10-/m1/s1. The molecule has 3 heteroatoms. The predicted molar refractivity (Wildman–Crippen MR) is 51.5 cm³/mol. The molecule has 0 aromatic carbocycles. The van der Waals surface area contributed by atoms with Gasteiger partial charge in [0.1, 0.15) is 0 Å². The van der Waals surface area contributed by atoms with Crippen LogP contribution >= 0.6 is 0 Å². The van der Waals surface area contributed by atoms with Crippen molar-refractivity contribution in [3.63, 3.8) is 0 Å². The summed E-state index contributed by atoms with van der Waals surface area (Å²) in [7, 11) is 1.79. The lowest BCUT2D eigenvalue weighted by molar-refractivity contribution is 0.107. The highest BCUT2D eigenvalue weighted by atomic mass is 16.5. The maximum Gasteiger partial charge on any atom is 0.0710 e. The molecule has 0 bridgehead atoms. The Bertz CT molecular complexity index is 245. The van der Waals surface area contributed by atoms with E-state index in [0.717, 1.165) is 26.1 Å². The third-order valence-corrected chi connectivity index (χ3v) is 2.62. The van der Waals surface area contributed by atoms with Gasteiger partial charge in [-0.3, -0.25) is 4.90 Å². The first-order valence-electron chi connectivity index (χ1n) is 4.76. The Morgan fingerprint density at radius 2 is 2.62 bits per heavy atom. The van der Waals surface area contributed by atoms with E-state index >= 15 is 0 Å². The second-order valence-corrected chi connectivity index (χ2v) is 3.58. The number of ether oxygens (including phenoxy) is 1. The van der Waals surface area contributed by atoms with Crippen molar-refractivity contribution in [1.82, 2.24) is 9.88 Å². The van der Waals surface area contributed by atoms with Gasteiger partial charge < -0.3 is 9.72 Å². The first-order valence-corrected chi connectivity index (χ1v) is 4.76. The monoisotopic (exact) mass is 180 g/mol. The lowest BCUT2D eigenvalue weighted by Gasteiger charge is -2.14. The van der Waals surface area contributed by atoms with Gasteiger partial charge in [-0.1, -0.05) is 0 Å². The minimum atomic E-state index is 0.440. The number of H-pyrrole nitrogens is 1. The summed E-state index contributed by atoms with van der Waals surface area (Å²) in [6.07, 6.45) is 3.58. The number of likely N-dealkylation sites (tertiary alicyclic amines) is 1. The van der Waals surface area contributed by atoms with Gasteiger partial charge in [0.15, 0.2) is 0 Å². The van der Waals surface area contributed by atoms with E-state index in [9.17, 15) is 0 Å². The number of nitrogens with one attached hydrogen (secondary N) is 1. The highest BCUT2D eigenvalue weighted by molar-refractivity contribution is 5.03. The summed E-state index contributed by atoms with van der Waals surface area (Å²) in [4.78, 5) is 5.63. The zero-order valence-electron chi connectivity index (χ0n) is 7.99. The Kier molecular flexibility index (Phi) is 2.66. The third-order valence-electron chi connectivity index (χ3n) is 2.62. The van der Waals surface area contributed by atoms with Gasteiger partial charge in [-0.25, -0.2) is 0 Å². The summed E-state index contributed by atoms with van der Waals surface area (Å²) in [5, 5.41) is 0. The molecule has 0 saturated carbocycles. The zero-order chi connectivity index (χ0) is 9.10. The van der Waals surface area contributed by atoms with Gasteiger partial charge >= 0.3 is 0 Å². The summed E-state index contributed by atoms with van der Waals surface area (Å²) in [5.41, 5.74) is 1.29. The Labute approximate surface area is 78.7 Å². The van der Waals surface area contributed by atoms with Crippen LogP contribution in [0.2, 0.25) is 0 Å². The van der Waals surface area contributed by atoms with Crippen molar-refractivity contribution in [3.05, 3.63) is 24.0 Å². The molecule has 0 unspecified atom stereocenters. The van der Waals surface area contributed by atoms with Gasteiger partial charge in [0, 0.05) is 38.6 Å². The molecule has 1 aromatic heterocycles. The van der Waals surface area contributed by atoms with E-state index in [0.29, 0.717) is 6.10 Å². The van der Waals surface area contributed by atoms with E-state index in [2.05, 4.69) is 16.0 Å². The maximum absolute atomic E-state index is 5.31. The topological polar surface area (TPSA) is 28.3 Å². The molecule has 13 heavy (non-hydrogen) atoms. The van der Waals surface area contributed by atoms with Crippen molar-refractivity contribution in [1.29, 1.82) is 0 Å². The molecule has 72 valence electrons. The van der Waals surface area contributed by atoms with E-state index in [1.807, 2.05) is 12.3 Å². The molecular weight excluding hydrogens is 164 g/mol. The van der Waals surface area contributed by atoms with Gasteiger partial charge in [0.2, 0.25) is 0 Å². The van der Waals surface area contributed by atoms with Crippen LogP contribution < -0.4 is 0 Å². The first kappa shape index (κ1) is 8.78. The summed E-state index contributed by atoms with van der Waals surface area (Å²) >= 11 is 0. The van der Waals surface area contributed by atoms with Crippen LogP contribution in [0.5, 0.6) is 0 Å². The molecule has 1 aromatic rings. The van der Waals surface area contributed by atoms with Crippen LogP contribution in [0.3, 0.4) is 0 Å². The minimum absolute atomic E-state index is 0.440. The smallest absolute Gasteiger partial charge is 0.0710 e. The molecule has 1 atom stereocenters. The van der Waals surface area contributed by atoms with Gasteiger partial charge in [-0.05, 0) is 18.6 Å². The van der Waals surface area contributed by atoms with E-state index < -0.39 is 0 Å². The number of nitrogens with zero attached hydrogens (tertiary/aromatic N) is 1. The van der Waals surface area contributed by atoms with Crippen molar-refractivity contribution >= 4 is 0 Å². The third kappa shape index (κ3) is 2.11. The molecule has 2 heterocycles. The molecular formula is C10H16N2O. The Balaban J connectivity index is 1.84. The second kappa shape index (κ2) is 3.94. The fourth-order valence-corrected chi connectivity index (χ4v) is 1.84. The van der Waals surface area contributed by atoms with E-state index in [-0.39, 0.29) is 0 Å². The fraction of sp³-hybridized carbons (Fsp3) is 0.600. The Morgan fingerprint density at radius 1 is 1.69 bits per heavy atom. The van der Waals surface area contributed by atoms with Crippen molar-refractivity contribution in [2.45, 2.75) is 19.1 Å². The van der Waals surface area contributed by atoms with Gasteiger partial charge in [-0.2, -0.15) is 0 Å². The Hall–Kier alpha value is -0.800. The van der Waals surface area contributed by atoms with Gasteiger partial charge in [0.25, 0.3) is 0 Å². The number of rotatable bonds is 3. The molecule has 0 radical (unpaired) electrons. The van der Waals surface area contributed by atoms with Crippen molar-refractivity contribution in [2.24, 2.45) is 0 Å². The second-order valence-electron chi connectivity index (χ2n) is 3.58. The number of hydrogen-bond acceptors (Lipinski definition) is 2.